The van der Waals surface area contributed by atoms with Gasteiger partial charge in [-0.05, 0) is 37.1 Å². The number of hydrogen-bond donors (Lipinski definition) is 1. The smallest absolute Gasteiger partial charge is 0.137 e. The highest BCUT2D eigenvalue weighted by Gasteiger charge is 2.03. The van der Waals surface area contributed by atoms with Crippen molar-refractivity contribution in [2.24, 2.45) is 0 Å². The molecular weight excluding hydrogens is 246 g/mol. The molecule has 0 spiro atoms. The van der Waals surface area contributed by atoms with Gasteiger partial charge in [0, 0.05) is 11.9 Å². The Morgan fingerprint density at radius 3 is 2.70 bits per heavy atom. The summed E-state index contributed by atoms with van der Waals surface area (Å²) < 4.78 is 0. The molecule has 2 aromatic carbocycles. The molecule has 0 saturated carbocycles. The number of nitrogens with one attached hydrogen (secondary N) is 1. The highest BCUT2D eigenvalue weighted by atomic mass is 15.0. The minimum Gasteiger partial charge on any atom is -0.365 e. The zero-order valence-corrected chi connectivity index (χ0v) is 11.7. The van der Waals surface area contributed by atoms with Crippen molar-refractivity contribution in [3.63, 3.8) is 0 Å². The Morgan fingerprint density at radius 2 is 1.85 bits per heavy atom. The molecule has 3 aromatic rings. The second-order valence-corrected chi connectivity index (χ2v) is 5.02. The van der Waals surface area contributed by atoms with Crippen molar-refractivity contribution >= 4 is 16.7 Å². The molecule has 0 fully saturated rings. The van der Waals surface area contributed by atoms with Crippen molar-refractivity contribution in [2.75, 3.05) is 5.32 Å². The van der Waals surface area contributed by atoms with E-state index in [-0.39, 0.29) is 0 Å². The molecule has 0 aliphatic carbocycles. The Bertz CT molecular complexity index is 745. The fourth-order valence-electron chi connectivity index (χ4n) is 2.37. The van der Waals surface area contributed by atoms with Crippen molar-refractivity contribution < 1.29 is 0 Å². The standard InChI is InChI=1S/C17H17N3/c1-12-7-8-14(13(2)9-12)10-18-17-15-5-3-4-6-16(15)19-11-20-17/h3-9,11H,10H2,1-2H3,(H,18,19,20). The quantitative estimate of drug-likeness (QED) is 0.779. The zero-order chi connectivity index (χ0) is 13.9. The van der Waals surface area contributed by atoms with E-state index >= 15 is 0 Å². The maximum Gasteiger partial charge on any atom is 0.137 e. The van der Waals surface area contributed by atoms with E-state index in [0.29, 0.717) is 0 Å². The van der Waals surface area contributed by atoms with Crippen LogP contribution in [0.3, 0.4) is 0 Å². The van der Waals surface area contributed by atoms with Gasteiger partial charge in [0.15, 0.2) is 0 Å². The minimum absolute atomic E-state index is 0.771. The van der Waals surface area contributed by atoms with E-state index in [0.717, 1.165) is 23.3 Å². The van der Waals surface area contributed by atoms with Crippen LogP contribution in [0.15, 0.2) is 48.8 Å². The molecule has 0 amide bonds. The summed E-state index contributed by atoms with van der Waals surface area (Å²) in [6.07, 6.45) is 1.60. The molecule has 3 nitrogen and oxygen atoms in total. The van der Waals surface area contributed by atoms with E-state index in [1.165, 1.54) is 16.7 Å². The van der Waals surface area contributed by atoms with E-state index in [1.807, 2.05) is 24.3 Å². The number of aryl methyl sites for hydroxylation is 2. The molecule has 0 saturated heterocycles. The fraction of sp³-hybridized carbons (Fsp3) is 0.176. The summed E-state index contributed by atoms with van der Waals surface area (Å²) >= 11 is 0. The number of aromatic nitrogens is 2. The lowest BCUT2D eigenvalue weighted by Crippen LogP contribution is -2.04. The van der Waals surface area contributed by atoms with Gasteiger partial charge in [-0.25, -0.2) is 9.97 Å². The Labute approximate surface area is 118 Å². The molecule has 1 N–H and O–H groups in total. The second kappa shape index (κ2) is 5.29. The van der Waals surface area contributed by atoms with Crippen molar-refractivity contribution in [1.82, 2.24) is 9.97 Å². The Hall–Kier alpha value is -2.42. The van der Waals surface area contributed by atoms with Gasteiger partial charge < -0.3 is 5.32 Å². The fourth-order valence-corrected chi connectivity index (χ4v) is 2.37. The van der Waals surface area contributed by atoms with Gasteiger partial charge in [-0.3, -0.25) is 0 Å². The summed E-state index contributed by atoms with van der Waals surface area (Å²) in [6.45, 7) is 5.03. The average molecular weight is 263 g/mol. The van der Waals surface area contributed by atoms with Crippen LogP contribution >= 0.6 is 0 Å². The van der Waals surface area contributed by atoms with E-state index in [4.69, 9.17) is 0 Å². The number of para-hydroxylation sites is 1. The highest BCUT2D eigenvalue weighted by Crippen LogP contribution is 2.19. The van der Waals surface area contributed by atoms with Crippen molar-refractivity contribution in [1.29, 1.82) is 0 Å². The van der Waals surface area contributed by atoms with Gasteiger partial charge in [-0.2, -0.15) is 0 Å². The molecule has 0 unspecified atom stereocenters. The summed E-state index contributed by atoms with van der Waals surface area (Å²) in [4.78, 5) is 8.62. The first-order valence-corrected chi connectivity index (χ1v) is 6.74. The third-order valence-corrected chi connectivity index (χ3v) is 3.49. The van der Waals surface area contributed by atoms with Crippen molar-refractivity contribution in [2.45, 2.75) is 20.4 Å². The number of rotatable bonds is 3. The van der Waals surface area contributed by atoms with E-state index in [9.17, 15) is 0 Å². The van der Waals surface area contributed by atoms with Gasteiger partial charge in [-0.1, -0.05) is 35.9 Å². The molecular formula is C17H17N3. The first-order valence-electron chi connectivity index (χ1n) is 6.74. The Morgan fingerprint density at radius 1 is 1.00 bits per heavy atom. The highest BCUT2D eigenvalue weighted by molar-refractivity contribution is 5.88. The van der Waals surface area contributed by atoms with Crippen LogP contribution in [0.1, 0.15) is 16.7 Å². The SMILES string of the molecule is Cc1ccc(CNc2ncnc3ccccc23)c(C)c1. The summed E-state index contributed by atoms with van der Waals surface area (Å²) in [5, 5.41) is 4.47. The molecule has 0 aliphatic heterocycles. The van der Waals surface area contributed by atoms with E-state index < -0.39 is 0 Å². The van der Waals surface area contributed by atoms with Gasteiger partial charge in [0.1, 0.15) is 12.1 Å². The zero-order valence-electron chi connectivity index (χ0n) is 11.7. The number of benzene rings is 2. The molecule has 20 heavy (non-hydrogen) atoms. The monoisotopic (exact) mass is 263 g/mol. The molecule has 0 atom stereocenters. The Balaban J connectivity index is 1.87. The summed E-state index contributed by atoms with van der Waals surface area (Å²) in [5.74, 6) is 0.885. The maximum absolute atomic E-state index is 4.35. The minimum atomic E-state index is 0.771. The lowest BCUT2D eigenvalue weighted by molar-refractivity contribution is 1.08. The van der Waals surface area contributed by atoms with Gasteiger partial charge >= 0.3 is 0 Å². The average Bonchev–Trinajstić information content (AvgIpc) is 2.46. The number of nitrogens with zero attached hydrogens (tertiary/aromatic N) is 2. The molecule has 0 radical (unpaired) electrons. The predicted octanol–water partition coefficient (Wildman–Crippen LogP) is 3.86. The van der Waals surface area contributed by atoms with Crippen LogP contribution in [0.2, 0.25) is 0 Å². The van der Waals surface area contributed by atoms with Gasteiger partial charge in [0.05, 0.1) is 5.52 Å². The van der Waals surface area contributed by atoms with Crippen LogP contribution in [-0.2, 0) is 6.54 Å². The molecule has 0 bridgehead atoms. The number of anilines is 1. The largest absolute Gasteiger partial charge is 0.365 e. The summed E-state index contributed by atoms with van der Waals surface area (Å²) in [6, 6.07) is 14.6. The molecule has 100 valence electrons. The van der Waals surface area contributed by atoms with Crippen LogP contribution in [0.25, 0.3) is 10.9 Å². The van der Waals surface area contributed by atoms with Crippen molar-refractivity contribution in [3.05, 3.63) is 65.5 Å². The third-order valence-electron chi connectivity index (χ3n) is 3.49. The van der Waals surface area contributed by atoms with Crippen LogP contribution in [0, 0.1) is 13.8 Å². The molecule has 1 aromatic heterocycles. The third kappa shape index (κ3) is 2.48. The molecule has 3 heteroatoms. The van der Waals surface area contributed by atoms with Crippen LogP contribution in [-0.4, -0.2) is 9.97 Å². The lowest BCUT2D eigenvalue weighted by atomic mass is 10.1. The predicted molar refractivity (Wildman–Crippen MR) is 82.8 cm³/mol. The molecule has 3 rings (SSSR count). The molecule has 1 heterocycles. The second-order valence-electron chi connectivity index (χ2n) is 5.02. The topological polar surface area (TPSA) is 37.8 Å². The Kier molecular flexibility index (Phi) is 3.33. The normalized spacial score (nSPS) is 10.7. The van der Waals surface area contributed by atoms with Gasteiger partial charge in [0.25, 0.3) is 0 Å². The van der Waals surface area contributed by atoms with Crippen LogP contribution in [0.4, 0.5) is 5.82 Å². The summed E-state index contributed by atoms with van der Waals surface area (Å²) in [5.41, 5.74) is 4.85. The van der Waals surface area contributed by atoms with Crippen LogP contribution < -0.4 is 5.32 Å². The van der Waals surface area contributed by atoms with E-state index in [1.54, 1.807) is 6.33 Å². The molecule has 0 aliphatic rings. The maximum atomic E-state index is 4.35. The first kappa shape index (κ1) is 12.6. The lowest BCUT2D eigenvalue weighted by Gasteiger charge is -2.10. The van der Waals surface area contributed by atoms with E-state index in [2.05, 4.69) is 47.3 Å². The van der Waals surface area contributed by atoms with Gasteiger partial charge in [0.2, 0.25) is 0 Å². The number of hydrogen-bond acceptors (Lipinski definition) is 3. The van der Waals surface area contributed by atoms with Crippen molar-refractivity contribution in [3.8, 4) is 0 Å². The van der Waals surface area contributed by atoms with Gasteiger partial charge in [-0.15, -0.1) is 0 Å². The first-order chi connectivity index (χ1) is 9.74. The van der Waals surface area contributed by atoms with Crippen LogP contribution in [0.5, 0.6) is 0 Å². The number of fused-ring (bicyclic) bond motifs is 1. The summed E-state index contributed by atoms with van der Waals surface area (Å²) in [7, 11) is 0.